The van der Waals surface area contributed by atoms with Crippen LogP contribution >= 0.6 is 0 Å². The van der Waals surface area contributed by atoms with Crippen molar-refractivity contribution in [2.75, 3.05) is 26.7 Å². The van der Waals surface area contributed by atoms with Crippen molar-refractivity contribution in [2.45, 2.75) is 13.3 Å². The summed E-state index contributed by atoms with van der Waals surface area (Å²) >= 11 is 0. The third-order valence-corrected chi connectivity index (χ3v) is 4.36. The van der Waals surface area contributed by atoms with Crippen LogP contribution < -0.4 is 15.4 Å². The average molecular weight is 378 g/mol. The van der Waals surface area contributed by atoms with Crippen molar-refractivity contribution in [1.82, 2.24) is 20.4 Å². The van der Waals surface area contributed by atoms with Gasteiger partial charge in [0.2, 0.25) is 0 Å². The number of para-hydroxylation sites is 1. The summed E-state index contributed by atoms with van der Waals surface area (Å²) in [6.07, 6.45) is 2.85. The van der Waals surface area contributed by atoms with Crippen molar-refractivity contribution >= 4 is 5.91 Å². The third-order valence-electron chi connectivity index (χ3n) is 4.36. The molecule has 146 valence electrons. The van der Waals surface area contributed by atoms with Gasteiger partial charge < -0.3 is 15.4 Å². The van der Waals surface area contributed by atoms with Gasteiger partial charge in [0.05, 0.1) is 18.4 Å². The predicted octanol–water partition coefficient (Wildman–Crippen LogP) is 3.28. The number of amides is 1. The maximum Gasteiger partial charge on any atom is 0.255 e. The topological polar surface area (TPSA) is 68.2 Å². The lowest BCUT2D eigenvalue weighted by Gasteiger charge is -2.07. The van der Waals surface area contributed by atoms with E-state index in [-0.39, 0.29) is 5.91 Å². The van der Waals surface area contributed by atoms with Gasteiger partial charge >= 0.3 is 0 Å². The van der Waals surface area contributed by atoms with Crippen molar-refractivity contribution in [2.24, 2.45) is 0 Å². The first-order chi connectivity index (χ1) is 13.7. The zero-order chi connectivity index (χ0) is 19.8. The van der Waals surface area contributed by atoms with Crippen molar-refractivity contribution in [3.63, 3.8) is 0 Å². The van der Waals surface area contributed by atoms with E-state index in [0.29, 0.717) is 17.8 Å². The zero-order valence-electron chi connectivity index (χ0n) is 16.3. The highest BCUT2D eigenvalue weighted by molar-refractivity contribution is 6.00. The molecule has 0 radical (unpaired) electrons. The Kier molecular flexibility index (Phi) is 6.81. The first-order valence-electron chi connectivity index (χ1n) is 9.51. The Hall–Kier alpha value is -3.12. The second-order valence-electron chi connectivity index (χ2n) is 6.41. The maximum atomic E-state index is 12.8. The standard InChI is InChI=1S/C22H26N4O2/c1-3-13-23-14-15-24-22(27)20-16-26(18-7-5-4-6-8-18)25-21(20)17-9-11-19(28-2)12-10-17/h4-12,16,23H,3,13-15H2,1-2H3,(H,24,27). The predicted molar refractivity (Wildman–Crippen MR) is 111 cm³/mol. The van der Waals surface area contributed by atoms with Crippen molar-refractivity contribution in [3.05, 3.63) is 66.4 Å². The summed E-state index contributed by atoms with van der Waals surface area (Å²) < 4.78 is 6.97. The molecule has 3 rings (SSSR count). The molecule has 1 aromatic heterocycles. The van der Waals surface area contributed by atoms with Crippen molar-refractivity contribution < 1.29 is 9.53 Å². The van der Waals surface area contributed by atoms with Crippen LogP contribution in [0.1, 0.15) is 23.7 Å². The average Bonchev–Trinajstić information content (AvgIpc) is 3.20. The van der Waals surface area contributed by atoms with E-state index < -0.39 is 0 Å². The Morgan fingerprint density at radius 1 is 1.04 bits per heavy atom. The van der Waals surface area contributed by atoms with Gasteiger partial charge in [-0.15, -0.1) is 0 Å². The highest BCUT2D eigenvalue weighted by Gasteiger charge is 2.18. The molecule has 1 amide bonds. The highest BCUT2D eigenvalue weighted by Crippen LogP contribution is 2.25. The molecule has 0 aliphatic heterocycles. The summed E-state index contributed by atoms with van der Waals surface area (Å²) in [5, 5.41) is 10.9. The molecule has 28 heavy (non-hydrogen) atoms. The number of hydrogen-bond donors (Lipinski definition) is 2. The van der Waals surface area contributed by atoms with Crippen LogP contribution in [0.25, 0.3) is 16.9 Å². The fourth-order valence-corrected chi connectivity index (χ4v) is 2.88. The number of methoxy groups -OCH3 is 1. The number of aromatic nitrogens is 2. The van der Waals surface area contributed by atoms with Crippen molar-refractivity contribution in [3.8, 4) is 22.7 Å². The van der Waals surface area contributed by atoms with Gasteiger partial charge in [0.25, 0.3) is 5.91 Å². The lowest BCUT2D eigenvalue weighted by Crippen LogP contribution is -2.32. The Labute approximate surface area is 165 Å². The van der Waals surface area contributed by atoms with E-state index in [1.807, 2.05) is 54.6 Å². The van der Waals surface area contributed by atoms with E-state index in [0.717, 1.165) is 36.5 Å². The molecule has 2 N–H and O–H groups in total. The van der Waals surface area contributed by atoms with E-state index in [2.05, 4.69) is 22.7 Å². The van der Waals surface area contributed by atoms with E-state index in [9.17, 15) is 4.79 Å². The second kappa shape index (κ2) is 9.71. The highest BCUT2D eigenvalue weighted by atomic mass is 16.5. The maximum absolute atomic E-state index is 12.8. The van der Waals surface area contributed by atoms with Crippen molar-refractivity contribution in [1.29, 1.82) is 0 Å². The van der Waals surface area contributed by atoms with Crippen LogP contribution in [0.15, 0.2) is 60.8 Å². The Bertz CT molecular complexity index is 889. The van der Waals surface area contributed by atoms with Gasteiger partial charge in [-0.05, 0) is 49.4 Å². The quantitative estimate of drug-likeness (QED) is 0.561. The molecule has 3 aromatic rings. The Balaban J connectivity index is 1.87. The first kappa shape index (κ1) is 19.6. The first-order valence-corrected chi connectivity index (χ1v) is 9.51. The fourth-order valence-electron chi connectivity index (χ4n) is 2.88. The number of rotatable bonds is 9. The second-order valence-corrected chi connectivity index (χ2v) is 6.41. The normalized spacial score (nSPS) is 10.6. The van der Waals surface area contributed by atoms with Crippen LogP contribution in [0.5, 0.6) is 5.75 Å². The van der Waals surface area contributed by atoms with E-state index in [1.165, 1.54) is 0 Å². The van der Waals surface area contributed by atoms with Gasteiger partial charge in [-0.2, -0.15) is 5.10 Å². The molecule has 0 unspecified atom stereocenters. The van der Waals surface area contributed by atoms with Gasteiger partial charge in [0.15, 0.2) is 0 Å². The number of hydrogen-bond acceptors (Lipinski definition) is 4. The number of nitrogens with one attached hydrogen (secondary N) is 2. The van der Waals surface area contributed by atoms with Gasteiger partial charge in [0, 0.05) is 24.8 Å². The lowest BCUT2D eigenvalue weighted by atomic mass is 10.1. The molecular formula is C22H26N4O2. The molecule has 0 fully saturated rings. The van der Waals surface area contributed by atoms with Crippen LogP contribution in [0, 0.1) is 0 Å². The molecule has 0 saturated heterocycles. The molecule has 0 spiro atoms. The van der Waals surface area contributed by atoms with Gasteiger partial charge in [0.1, 0.15) is 11.4 Å². The molecule has 2 aromatic carbocycles. The SMILES string of the molecule is CCCNCCNC(=O)c1cn(-c2ccccc2)nc1-c1ccc(OC)cc1. The Morgan fingerprint density at radius 3 is 2.46 bits per heavy atom. The van der Waals surface area contributed by atoms with E-state index >= 15 is 0 Å². The number of carbonyl (C=O) groups excluding carboxylic acids is 1. The number of carbonyl (C=O) groups is 1. The van der Waals surface area contributed by atoms with Crippen LogP contribution in [-0.4, -0.2) is 42.4 Å². The molecule has 6 nitrogen and oxygen atoms in total. The monoisotopic (exact) mass is 378 g/mol. The largest absolute Gasteiger partial charge is 0.497 e. The molecule has 0 bridgehead atoms. The molecule has 0 aliphatic rings. The summed E-state index contributed by atoms with van der Waals surface area (Å²) in [7, 11) is 1.63. The minimum absolute atomic E-state index is 0.133. The molecule has 1 heterocycles. The van der Waals surface area contributed by atoms with E-state index in [1.54, 1.807) is 18.0 Å². The molecule has 6 heteroatoms. The summed E-state index contributed by atoms with van der Waals surface area (Å²) in [4.78, 5) is 12.8. The molecular weight excluding hydrogens is 352 g/mol. The van der Waals surface area contributed by atoms with E-state index in [4.69, 9.17) is 4.74 Å². The summed E-state index contributed by atoms with van der Waals surface area (Å²) in [6.45, 7) is 4.37. The van der Waals surface area contributed by atoms with Gasteiger partial charge in [-0.25, -0.2) is 4.68 Å². The minimum Gasteiger partial charge on any atom is -0.497 e. The number of benzene rings is 2. The third kappa shape index (κ3) is 4.78. The Morgan fingerprint density at radius 2 is 1.79 bits per heavy atom. The minimum atomic E-state index is -0.133. The molecule has 0 atom stereocenters. The zero-order valence-corrected chi connectivity index (χ0v) is 16.3. The lowest BCUT2D eigenvalue weighted by molar-refractivity contribution is 0.0954. The molecule has 0 aliphatic carbocycles. The smallest absolute Gasteiger partial charge is 0.255 e. The van der Waals surface area contributed by atoms with Gasteiger partial charge in [-0.1, -0.05) is 25.1 Å². The summed E-state index contributed by atoms with van der Waals surface area (Å²) in [5.41, 5.74) is 2.96. The summed E-state index contributed by atoms with van der Waals surface area (Å²) in [5.74, 6) is 0.630. The van der Waals surface area contributed by atoms with Crippen LogP contribution in [-0.2, 0) is 0 Å². The van der Waals surface area contributed by atoms with Crippen LogP contribution in [0.2, 0.25) is 0 Å². The van der Waals surface area contributed by atoms with Gasteiger partial charge in [-0.3, -0.25) is 4.79 Å². The van der Waals surface area contributed by atoms with Crippen LogP contribution in [0.3, 0.4) is 0 Å². The fraction of sp³-hybridized carbons (Fsp3) is 0.273. The molecule has 0 saturated carbocycles. The van der Waals surface area contributed by atoms with Crippen LogP contribution in [0.4, 0.5) is 0 Å². The number of ether oxygens (including phenoxy) is 1. The summed E-state index contributed by atoms with van der Waals surface area (Å²) in [6, 6.07) is 17.3. The number of nitrogens with zero attached hydrogens (tertiary/aromatic N) is 2.